The van der Waals surface area contributed by atoms with Gasteiger partial charge in [-0.3, -0.25) is 0 Å². The van der Waals surface area contributed by atoms with Gasteiger partial charge in [-0.1, -0.05) is 19.1 Å². The standard InChI is InChI=1S/C19H20N6/c1-2-18-21-16-5-3-4-6-17(16)25(18)15-9-11-24(12-10-15)19-8-7-14(13-20)22-23-19/h3-8,15H,2,9-12H2,1H3. The molecular formula is C19H20N6. The Morgan fingerprint density at radius 2 is 1.92 bits per heavy atom. The molecule has 126 valence electrons. The maximum absolute atomic E-state index is 8.84. The summed E-state index contributed by atoms with van der Waals surface area (Å²) in [5, 5.41) is 17.0. The third-order valence-electron chi connectivity index (χ3n) is 4.90. The Bertz CT molecular complexity index is 913. The molecule has 4 rings (SSSR count). The second kappa shape index (κ2) is 6.52. The van der Waals surface area contributed by atoms with E-state index in [-0.39, 0.29) is 0 Å². The molecule has 6 heteroatoms. The van der Waals surface area contributed by atoms with Crippen LogP contribution < -0.4 is 4.90 Å². The van der Waals surface area contributed by atoms with Crippen molar-refractivity contribution in [3.8, 4) is 6.07 Å². The van der Waals surface area contributed by atoms with Crippen LogP contribution in [-0.4, -0.2) is 32.8 Å². The number of hydrogen-bond donors (Lipinski definition) is 0. The average molecular weight is 332 g/mol. The van der Waals surface area contributed by atoms with Crippen molar-refractivity contribution < 1.29 is 0 Å². The quantitative estimate of drug-likeness (QED) is 0.737. The minimum atomic E-state index is 0.358. The van der Waals surface area contributed by atoms with E-state index in [1.165, 1.54) is 5.52 Å². The molecule has 1 saturated heterocycles. The van der Waals surface area contributed by atoms with Crippen LogP contribution in [0.1, 0.15) is 37.3 Å². The summed E-state index contributed by atoms with van der Waals surface area (Å²) in [5.74, 6) is 2.02. The van der Waals surface area contributed by atoms with E-state index < -0.39 is 0 Å². The number of para-hydroxylation sites is 2. The van der Waals surface area contributed by atoms with Crippen LogP contribution in [0.5, 0.6) is 0 Å². The molecule has 0 saturated carbocycles. The molecule has 1 aliphatic heterocycles. The number of benzene rings is 1. The summed E-state index contributed by atoms with van der Waals surface area (Å²) in [6, 6.07) is 14.5. The van der Waals surface area contributed by atoms with Gasteiger partial charge in [0.2, 0.25) is 0 Å². The Labute approximate surface area is 146 Å². The van der Waals surface area contributed by atoms with E-state index in [0.29, 0.717) is 11.7 Å². The van der Waals surface area contributed by atoms with Gasteiger partial charge in [0, 0.05) is 25.6 Å². The third-order valence-corrected chi connectivity index (χ3v) is 4.90. The van der Waals surface area contributed by atoms with E-state index in [1.54, 1.807) is 6.07 Å². The van der Waals surface area contributed by atoms with Crippen LogP contribution in [-0.2, 0) is 6.42 Å². The van der Waals surface area contributed by atoms with Crippen LogP contribution in [0.15, 0.2) is 36.4 Å². The molecule has 0 amide bonds. The van der Waals surface area contributed by atoms with Gasteiger partial charge >= 0.3 is 0 Å². The van der Waals surface area contributed by atoms with E-state index in [2.05, 4.69) is 44.8 Å². The highest BCUT2D eigenvalue weighted by molar-refractivity contribution is 5.76. The highest BCUT2D eigenvalue weighted by atomic mass is 15.3. The molecule has 0 N–H and O–H groups in total. The molecule has 0 bridgehead atoms. The zero-order valence-electron chi connectivity index (χ0n) is 14.3. The van der Waals surface area contributed by atoms with Gasteiger partial charge in [0.05, 0.1) is 11.0 Å². The van der Waals surface area contributed by atoms with E-state index in [9.17, 15) is 0 Å². The number of nitrogens with zero attached hydrogens (tertiary/aromatic N) is 6. The highest BCUT2D eigenvalue weighted by Crippen LogP contribution is 2.30. The van der Waals surface area contributed by atoms with Crippen molar-refractivity contribution in [2.45, 2.75) is 32.2 Å². The molecular weight excluding hydrogens is 312 g/mol. The fourth-order valence-electron chi connectivity index (χ4n) is 3.66. The summed E-state index contributed by atoms with van der Waals surface area (Å²) in [5.41, 5.74) is 2.67. The Hall–Kier alpha value is -2.94. The normalized spacial score (nSPS) is 15.4. The molecule has 6 nitrogen and oxygen atoms in total. The number of aromatic nitrogens is 4. The van der Waals surface area contributed by atoms with Crippen LogP contribution in [0.4, 0.5) is 5.82 Å². The third kappa shape index (κ3) is 2.82. The second-order valence-corrected chi connectivity index (χ2v) is 6.35. The summed E-state index contributed by atoms with van der Waals surface area (Å²) in [6.45, 7) is 4.03. The van der Waals surface area contributed by atoms with E-state index in [1.807, 2.05) is 18.2 Å². The van der Waals surface area contributed by atoms with Crippen LogP contribution >= 0.6 is 0 Å². The molecule has 2 aromatic heterocycles. The number of anilines is 1. The Balaban J connectivity index is 1.55. The second-order valence-electron chi connectivity index (χ2n) is 6.35. The van der Waals surface area contributed by atoms with Gasteiger partial charge < -0.3 is 9.47 Å². The van der Waals surface area contributed by atoms with Gasteiger partial charge in [0.1, 0.15) is 11.9 Å². The molecule has 0 unspecified atom stereocenters. The fraction of sp³-hybridized carbons (Fsp3) is 0.368. The largest absolute Gasteiger partial charge is 0.355 e. The van der Waals surface area contributed by atoms with Gasteiger partial charge in [0.15, 0.2) is 11.5 Å². The maximum Gasteiger partial charge on any atom is 0.163 e. The molecule has 0 aliphatic carbocycles. The van der Waals surface area contributed by atoms with Crippen molar-refractivity contribution in [3.05, 3.63) is 47.9 Å². The molecule has 25 heavy (non-hydrogen) atoms. The summed E-state index contributed by atoms with van der Waals surface area (Å²) < 4.78 is 2.43. The van der Waals surface area contributed by atoms with E-state index in [4.69, 9.17) is 10.2 Å². The molecule has 3 aromatic rings. The van der Waals surface area contributed by atoms with Crippen molar-refractivity contribution in [2.24, 2.45) is 0 Å². The van der Waals surface area contributed by atoms with Gasteiger partial charge in [-0.25, -0.2) is 4.98 Å². The van der Waals surface area contributed by atoms with Crippen molar-refractivity contribution in [1.29, 1.82) is 5.26 Å². The number of fused-ring (bicyclic) bond motifs is 1. The lowest BCUT2D eigenvalue weighted by atomic mass is 10.0. The number of nitriles is 1. The Kier molecular flexibility index (Phi) is 4.06. The van der Waals surface area contributed by atoms with Gasteiger partial charge in [-0.15, -0.1) is 10.2 Å². The predicted molar refractivity (Wildman–Crippen MR) is 96.3 cm³/mol. The fourth-order valence-corrected chi connectivity index (χ4v) is 3.66. The summed E-state index contributed by atoms with van der Waals surface area (Å²) in [6.07, 6.45) is 3.04. The van der Waals surface area contributed by atoms with Gasteiger partial charge in [-0.2, -0.15) is 5.26 Å². The molecule has 0 radical (unpaired) electrons. The highest BCUT2D eigenvalue weighted by Gasteiger charge is 2.24. The number of imidazole rings is 1. The first-order chi connectivity index (χ1) is 12.3. The molecule has 3 heterocycles. The van der Waals surface area contributed by atoms with Crippen LogP contribution in [0.2, 0.25) is 0 Å². The first kappa shape index (κ1) is 15.6. The van der Waals surface area contributed by atoms with Gasteiger partial charge in [0.25, 0.3) is 0 Å². The number of rotatable bonds is 3. The molecule has 1 aromatic carbocycles. The van der Waals surface area contributed by atoms with E-state index in [0.717, 1.165) is 49.5 Å². The SMILES string of the molecule is CCc1nc2ccccc2n1C1CCN(c2ccc(C#N)nn2)CC1. The topological polar surface area (TPSA) is 70.6 Å². The van der Waals surface area contributed by atoms with Crippen molar-refractivity contribution >= 4 is 16.9 Å². The van der Waals surface area contributed by atoms with Crippen molar-refractivity contribution in [1.82, 2.24) is 19.7 Å². The average Bonchev–Trinajstić information content (AvgIpc) is 3.07. The zero-order valence-corrected chi connectivity index (χ0v) is 14.3. The lowest BCUT2D eigenvalue weighted by Crippen LogP contribution is -2.35. The van der Waals surface area contributed by atoms with Crippen LogP contribution in [0.25, 0.3) is 11.0 Å². The van der Waals surface area contributed by atoms with E-state index >= 15 is 0 Å². The minimum absolute atomic E-state index is 0.358. The molecule has 1 fully saturated rings. The number of aryl methyl sites for hydroxylation is 1. The lowest BCUT2D eigenvalue weighted by molar-refractivity contribution is 0.393. The Morgan fingerprint density at radius 1 is 1.12 bits per heavy atom. The molecule has 0 spiro atoms. The zero-order chi connectivity index (χ0) is 17.2. The first-order valence-corrected chi connectivity index (χ1v) is 8.74. The summed E-state index contributed by atoms with van der Waals surface area (Å²) in [4.78, 5) is 7.04. The monoisotopic (exact) mass is 332 g/mol. The number of hydrogen-bond acceptors (Lipinski definition) is 5. The molecule has 1 aliphatic rings. The van der Waals surface area contributed by atoms with Gasteiger partial charge in [-0.05, 0) is 37.1 Å². The van der Waals surface area contributed by atoms with Crippen molar-refractivity contribution in [2.75, 3.05) is 18.0 Å². The van der Waals surface area contributed by atoms with Crippen LogP contribution in [0.3, 0.4) is 0 Å². The smallest absolute Gasteiger partial charge is 0.163 e. The van der Waals surface area contributed by atoms with Crippen molar-refractivity contribution in [3.63, 3.8) is 0 Å². The molecule has 0 atom stereocenters. The summed E-state index contributed by atoms with van der Waals surface area (Å²) >= 11 is 0. The Morgan fingerprint density at radius 3 is 2.60 bits per heavy atom. The lowest BCUT2D eigenvalue weighted by Gasteiger charge is -2.34. The number of piperidine rings is 1. The maximum atomic E-state index is 8.84. The first-order valence-electron chi connectivity index (χ1n) is 8.74. The van der Waals surface area contributed by atoms with Crippen LogP contribution in [0, 0.1) is 11.3 Å². The minimum Gasteiger partial charge on any atom is -0.355 e. The predicted octanol–water partition coefficient (Wildman–Crippen LogP) is 3.10. The summed E-state index contributed by atoms with van der Waals surface area (Å²) in [7, 11) is 0.